The molecule has 2 fully saturated rings. The van der Waals surface area contributed by atoms with Crippen molar-refractivity contribution in [3.63, 3.8) is 0 Å². The molecule has 0 radical (unpaired) electrons. The second kappa shape index (κ2) is 4.53. The van der Waals surface area contributed by atoms with Crippen molar-refractivity contribution in [1.82, 2.24) is 15.0 Å². The van der Waals surface area contributed by atoms with Crippen molar-refractivity contribution >= 4 is 22.7 Å². The van der Waals surface area contributed by atoms with Gasteiger partial charge >= 0.3 is 0 Å². The summed E-state index contributed by atoms with van der Waals surface area (Å²) < 4.78 is 7.84. The molecule has 0 spiro atoms. The van der Waals surface area contributed by atoms with Crippen molar-refractivity contribution in [2.75, 3.05) is 10.6 Å². The summed E-state index contributed by atoms with van der Waals surface area (Å²) in [6.07, 6.45) is 6.13. The number of nitrogens with one attached hydrogen (secondary N) is 2. The van der Waals surface area contributed by atoms with Crippen molar-refractivity contribution in [1.29, 1.82) is 0 Å². The molecule has 21 heavy (non-hydrogen) atoms. The Bertz CT molecular complexity index is 723. The van der Waals surface area contributed by atoms with E-state index in [0.717, 1.165) is 36.6 Å². The van der Waals surface area contributed by atoms with Crippen LogP contribution in [0, 0.1) is 0 Å². The molecule has 0 amide bonds. The minimum atomic E-state index is 0.0903. The second-order valence-electron chi connectivity index (χ2n) is 6.49. The van der Waals surface area contributed by atoms with E-state index in [1.807, 2.05) is 0 Å². The molecule has 110 valence electrons. The van der Waals surface area contributed by atoms with Gasteiger partial charge in [-0.2, -0.15) is 0 Å². The number of hydrogen-bond acceptors (Lipinski definition) is 6. The van der Waals surface area contributed by atoms with Crippen LogP contribution >= 0.6 is 0 Å². The fraction of sp³-hybridized carbons (Fsp3) is 0.533. The smallest absolute Gasteiger partial charge is 0.223 e. The Kier molecular flexibility index (Phi) is 2.52. The first-order valence-corrected chi connectivity index (χ1v) is 7.45. The van der Waals surface area contributed by atoms with E-state index >= 15 is 0 Å². The molecule has 0 atom stereocenters. The lowest BCUT2D eigenvalue weighted by molar-refractivity contribution is 0.372. The minimum absolute atomic E-state index is 0.0903. The predicted molar refractivity (Wildman–Crippen MR) is 83.2 cm³/mol. The molecule has 2 heterocycles. The third-order valence-electron chi connectivity index (χ3n) is 4.37. The fourth-order valence-corrected chi connectivity index (χ4v) is 2.62. The number of aromatic nitrogens is 3. The minimum Gasteiger partial charge on any atom is -0.363 e. The second-order valence-corrected chi connectivity index (χ2v) is 6.49. The maximum absolute atomic E-state index is 7.84. The summed E-state index contributed by atoms with van der Waals surface area (Å²) in [4.78, 5) is 13.3. The molecule has 6 nitrogen and oxygen atoms in total. The Labute approximate surface area is 125 Å². The first-order valence-electron chi connectivity index (χ1n) is 7.95. The number of rotatable bonds is 4. The molecule has 2 saturated carbocycles. The van der Waals surface area contributed by atoms with Gasteiger partial charge in [0.2, 0.25) is 5.95 Å². The Morgan fingerprint density at radius 3 is 2.90 bits per heavy atom. The number of nitrogens with two attached hydrogens (primary N) is 1. The molecule has 0 bridgehead atoms. The number of nitrogens with zero attached hydrogens (tertiary/aromatic N) is 3. The van der Waals surface area contributed by atoms with Crippen molar-refractivity contribution in [3.8, 4) is 0 Å². The fourth-order valence-electron chi connectivity index (χ4n) is 2.62. The zero-order chi connectivity index (χ0) is 15.3. The summed E-state index contributed by atoms with van der Waals surface area (Å²) in [5.41, 5.74) is 6.67. The van der Waals surface area contributed by atoms with Gasteiger partial charge in [-0.3, -0.25) is 0 Å². The molecule has 0 aromatic carbocycles. The number of pyridine rings is 1. The summed E-state index contributed by atoms with van der Waals surface area (Å²) in [6, 6.07) is 2.34. The van der Waals surface area contributed by atoms with E-state index in [4.69, 9.17) is 7.10 Å². The highest BCUT2D eigenvalue weighted by molar-refractivity contribution is 5.88. The molecular weight excluding hydrogens is 264 g/mol. The molecule has 6 heteroatoms. The quantitative estimate of drug-likeness (QED) is 0.795. The van der Waals surface area contributed by atoms with E-state index in [1.165, 1.54) is 0 Å². The normalized spacial score (nSPS) is 26.9. The summed E-state index contributed by atoms with van der Waals surface area (Å²) in [5.74, 6) is 1.28. The van der Waals surface area contributed by atoms with Crippen LogP contribution in [-0.4, -0.2) is 32.6 Å². The van der Waals surface area contributed by atoms with E-state index in [9.17, 15) is 0 Å². The zero-order valence-corrected chi connectivity index (χ0v) is 12.1. The Morgan fingerprint density at radius 1 is 1.38 bits per heavy atom. The molecule has 4 N–H and O–H groups in total. The maximum atomic E-state index is 7.84. The third-order valence-corrected chi connectivity index (χ3v) is 4.37. The van der Waals surface area contributed by atoms with Crippen LogP contribution < -0.4 is 16.4 Å². The molecule has 4 rings (SSSR count). The maximum Gasteiger partial charge on any atom is 0.223 e. The van der Waals surface area contributed by atoms with Gasteiger partial charge in [0.1, 0.15) is 5.52 Å². The predicted octanol–water partition coefficient (Wildman–Crippen LogP) is 1.89. The highest BCUT2D eigenvalue weighted by Gasteiger charge is 2.38. The highest BCUT2D eigenvalue weighted by atomic mass is 15.1. The van der Waals surface area contributed by atoms with Crippen molar-refractivity contribution < 1.29 is 1.37 Å². The Hall–Kier alpha value is -1.95. The average Bonchev–Trinajstić information content (AvgIpc) is 3.15. The van der Waals surface area contributed by atoms with Crippen molar-refractivity contribution in [3.05, 3.63) is 18.4 Å². The topological polar surface area (TPSA) is 88.8 Å². The summed E-state index contributed by atoms with van der Waals surface area (Å²) >= 11 is 0. The largest absolute Gasteiger partial charge is 0.363 e. The summed E-state index contributed by atoms with van der Waals surface area (Å²) in [7, 11) is 0. The lowest BCUT2D eigenvalue weighted by atomic mass is 9.88. The van der Waals surface area contributed by atoms with Crippen LogP contribution in [0.25, 0.3) is 10.9 Å². The first-order chi connectivity index (χ1) is 10.5. The van der Waals surface area contributed by atoms with E-state index in [1.54, 1.807) is 12.3 Å². The van der Waals surface area contributed by atoms with Gasteiger partial charge in [0.05, 0.1) is 1.37 Å². The van der Waals surface area contributed by atoms with Gasteiger partial charge in [-0.1, -0.05) is 0 Å². The van der Waals surface area contributed by atoms with Crippen LogP contribution in [-0.2, 0) is 0 Å². The SMILES string of the molecule is [2H]c1cc2cnc(NC3CC(N)C3)nc2c(NC2(C)CC2)n1. The average molecular weight is 285 g/mol. The number of anilines is 2. The van der Waals surface area contributed by atoms with Crippen molar-refractivity contribution in [2.45, 2.75) is 50.2 Å². The number of fused-ring (bicyclic) bond motifs is 1. The van der Waals surface area contributed by atoms with Crippen molar-refractivity contribution in [2.24, 2.45) is 5.73 Å². The van der Waals surface area contributed by atoms with Crippen LogP contribution in [0.15, 0.2) is 18.4 Å². The highest BCUT2D eigenvalue weighted by Crippen LogP contribution is 2.38. The Balaban J connectivity index is 1.67. The van der Waals surface area contributed by atoms with Gasteiger partial charge in [-0.15, -0.1) is 0 Å². The zero-order valence-electron chi connectivity index (χ0n) is 13.1. The summed E-state index contributed by atoms with van der Waals surface area (Å²) in [6.45, 7) is 2.16. The molecule has 2 aliphatic carbocycles. The van der Waals surface area contributed by atoms with Gasteiger partial charge in [-0.05, 0) is 38.7 Å². The van der Waals surface area contributed by atoms with E-state index in [2.05, 4.69) is 32.5 Å². The lowest BCUT2D eigenvalue weighted by Crippen LogP contribution is -2.44. The van der Waals surface area contributed by atoms with Crippen LogP contribution in [0.2, 0.25) is 0 Å². The molecule has 2 aromatic heterocycles. The molecule has 2 aliphatic rings. The third kappa shape index (κ3) is 2.51. The van der Waals surface area contributed by atoms with E-state index in [-0.39, 0.29) is 17.8 Å². The van der Waals surface area contributed by atoms with Gasteiger partial charge in [0.25, 0.3) is 0 Å². The van der Waals surface area contributed by atoms with Gasteiger partial charge in [0.15, 0.2) is 5.82 Å². The van der Waals surface area contributed by atoms with E-state index < -0.39 is 0 Å². The van der Waals surface area contributed by atoms with Gasteiger partial charge in [-0.25, -0.2) is 15.0 Å². The van der Waals surface area contributed by atoms with Crippen LogP contribution in [0.3, 0.4) is 0 Å². The van der Waals surface area contributed by atoms with E-state index in [0.29, 0.717) is 17.8 Å². The standard InChI is InChI=1S/C15H20N6/c1-15(3-4-15)21-13-12-9(2-5-17-13)8-18-14(20-12)19-11-6-10(16)7-11/h2,5,8,10-11H,3-4,6-7,16H2,1H3,(H,17,21)(H,18,19,20)/i5D. The van der Waals surface area contributed by atoms with Gasteiger partial charge in [0, 0.05) is 35.4 Å². The van der Waals surface area contributed by atoms with Crippen LogP contribution in [0.5, 0.6) is 0 Å². The van der Waals surface area contributed by atoms with Gasteiger partial charge < -0.3 is 16.4 Å². The number of hydrogen-bond donors (Lipinski definition) is 3. The summed E-state index contributed by atoms with van der Waals surface area (Å²) in [5, 5.41) is 7.57. The molecular formula is C15H20N6. The van der Waals surface area contributed by atoms with Crippen LogP contribution in [0.4, 0.5) is 11.8 Å². The lowest BCUT2D eigenvalue weighted by Gasteiger charge is -2.32. The molecule has 0 unspecified atom stereocenters. The molecule has 0 saturated heterocycles. The molecule has 0 aliphatic heterocycles. The Morgan fingerprint density at radius 2 is 2.19 bits per heavy atom. The first kappa shape index (κ1) is 11.7. The monoisotopic (exact) mass is 285 g/mol. The molecule has 2 aromatic rings. The van der Waals surface area contributed by atoms with Crippen LogP contribution in [0.1, 0.15) is 34.0 Å².